The highest BCUT2D eigenvalue weighted by atomic mass is 16.6. The number of aromatic nitrogens is 3. The molecule has 2 heterocycles. The predicted octanol–water partition coefficient (Wildman–Crippen LogP) is 2.08. The summed E-state index contributed by atoms with van der Waals surface area (Å²) in [6.07, 6.45) is 6.00. The van der Waals surface area contributed by atoms with Gasteiger partial charge in [-0.3, -0.25) is 14.7 Å². The Balaban J connectivity index is 2.16. The molecule has 0 unspecified atom stereocenters. The monoisotopic (exact) mass is 234 g/mol. The molecule has 1 N–H and O–H groups in total. The first-order valence-electron chi connectivity index (χ1n) is 5.23. The zero-order valence-electron chi connectivity index (χ0n) is 9.97. The maximum atomic E-state index is 11.6. The second-order valence-corrected chi connectivity index (χ2v) is 4.57. The number of imidazole rings is 1. The molecule has 0 bridgehead atoms. The molecule has 6 nitrogen and oxygen atoms in total. The molecule has 2 aromatic rings. The summed E-state index contributed by atoms with van der Waals surface area (Å²) in [5.41, 5.74) is 0.144. The summed E-state index contributed by atoms with van der Waals surface area (Å²) in [4.78, 5) is 19.6. The van der Waals surface area contributed by atoms with E-state index in [0.29, 0.717) is 11.5 Å². The van der Waals surface area contributed by atoms with Gasteiger partial charge in [-0.1, -0.05) is 0 Å². The highest BCUT2D eigenvalue weighted by Gasteiger charge is 2.17. The van der Waals surface area contributed by atoms with Gasteiger partial charge >= 0.3 is 6.09 Å². The van der Waals surface area contributed by atoms with E-state index in [1.165, 1.54) is 0 Å². The summed E-state index contributed by atoms with van der Waals surface area (Å²) in [5.74, 6) is 0.552. The molecule has 2 rings (SSSR count). The normalized spacial score (nSPS) is 11.5. The molecule has 2 aromatic heterocycles. The number of fused-ring (bicyclic) bond motifs is 1. The van der Waals surface area contributed by atoms with Gasteiger partial charge < -0.3 is 4.74 Å². The molecule has 90 valence electrons. The topological polar surface area (TPSA) is 68.5 Å². The highest BCUT2D eigenvalue weighted by molar-refractivity contribution is 5.84. The van der Waals surface area contributed by atoms with Crippen molar-refractivity contribution in [3.63, 3.8) is 0 Å². The predicted molar refractivity (Wildman–Crippen MR) is 62.8 cm³/mol. The van der Waals surface area contributed by atoms with Crippen molar-refractivity contribution in [2.24, 2.45) is 0 Å². The average Bonchev–Trinajstić information content (AvgIpc) is 2.59. The number of hydrogen-bond donors (Lipinski definition) is 1. The second kappa shape index (κ2) is 4.04. The fraction of sp³-hybridized carbons (Fsp3) is 0.364. The minimum atomic E-state index is -0.522. The first-order valence-corrected chi connectivity index (χ1v) is 5.23. The lowest BCUT2D eigenvalue weighted by molar-refractivity contribution is 0.0635. The van der Waals surface area contributed by atoms with E-state index >= 15 is 0 Å². The van der Waals surface area contributed by atoms with Crippen LogP contribution in [-0.2, 0) is 4.74 Å². The molecular weight excluding hydrogens is 220 g/mol. The summed E-state index contributed by atoms with van der Waals surface area (Å²) in [6, 6.07) is 0. The van der Waals surface area contributed by atoms with Crippen molar-refractivity contribution >= 4 is 17.6 Å². The van der Waals surface area contributed by atoms with E-state index in [1.807, 2.05) is 20.8 Å². The van der Waals surface area contributed by atoms with Crippen LogP contribution in [0.4, 0.5) is 10.6 Å². The quantitative estimate of drug-likeness (QED) is 0.820. The summed E-state index contributed by atoms with van der Waals surface area (Å²) in [6.45, 7) is 5.43. The van der Waals surface area contributed by atoms with Crippen molar-refractivity contribution in [1.82, 2.24) is 14.4 Å². The maximum Gasteiger partial charge on any atom is 0.413 e. The number of nitrogens with one attached hydrogen (secondary N) is 1. The molecule has 0 atom stereocenters. The van der Waals surface area contributed by atoms with E-state index in [0.717, 1.165) is 0 Å². The lowest BCUT2D eigenvalue weighted by atomic mass is 10.2. The van der Waals surface area contributed by atoms with Crippen LogP contribution in [-0.4, -0.2) is 26.1 Å². The SMILES string of the molecule is CC(C)(C)OC(=O)Nc1cnc2cnccn12. The third-order valence-electron chi connectivity index (χ3n) is 1.95. The Morgan fingerprint density at radius 3 is 2.88 bits per heavy atom. The number of rotatable bonds is 1. The van der Waals surface area contributed by atoms with Crippen LogP contribution in [0, 0.1) is 0 Å². The Bertz CT molecular complexity index is 542. The molecule has 0 radical (unpaired) electrons. The van der Waals surface area contributed by atoms with Gasteiger partial charge in [0, 0.05) is 12.4 Å². The van der Waals surface area contributed by atoms with Gasteiger partial charge in [0.2, 0.25) is 0 Å². The minimum absolute atomic E-state index is 0.504. The molecule has 0 aliphatic carbocycles. The first kappa shape index (κ1) is 11.4. The second-order valence-electron chi connectivity index (χ2n) is 4.57. The molecular formula is C11H14N4O2. The van der Waals surface area contributed by atoms with Crippen LogP contribution in [0.15, 0.2) is 24.8 Å². The zero-order chi connectivity index (χ0) is 12.5. The van der Waals surface area contributed by atoms with Crippen molar-refractivity contribution in [3.8, 4) is 0 Å². The van der Waals surface area contributed by atoms with E-state index in [4.69, 9.17) is 4.74 Å². The fourth-order valence-corrected chi connectivity index (χ4v) is 1.34. The van der Waals surface area contributed by atoms with Gasteiger partial charge in [-0.15, -0.1) is 0 Å². The lowest BCUT2D eigenvalue weighted by Crippen LogP contribution is -2.27. The van der Waals surface area contributed by atoms with Gasteiger partial charge in [-0.05, 0) is 20.8 Å². The van der Waals surface area contributed by atoms with E-state index in [-0.39, 0.29) is 0 Å². The molecule has 6 heteroatoms. The van der Waals surface area contributed by atoms with Gasteiger partial charge in [-0.25, -0.2) is 9.78 Å². The summed E-state index contributed by atoms with van der Waals surface area (Å²) in [5, 5.41) is 2.63. The number of nitrogens with zero attached hydrogens (tertiary/aromatic N) is 3. The largest absolute Gasteiger partial charge is 0.444 e. The van der Waals surface area contributed by atoms with Gasteiger partial charge in [0.05, 0.1) is 12.4 Å². The Morgan fingerprint density at radius 2 is 2.18 bits per heavy atom. The van der Waals surface area contributed by atoms with Crippen molar-refractivity contribution in [3.05, 3.63) is 24.8 Å². The van der Waals surface area contributed by atoms with Crippen LogP contribution < -0.4 is 5.32 Å². The summed E-state index contributed by atoms with van der Waals surface area (Å²) in [7, 11) is 0. The Hall–Kier alpha value is -2.11. The van der Waals surface area contributed by atoms with Gasteiger partial charge in [-0.2, -0.15) is 0 Å². The Labute approximate surface area is 98.6 Å². The Morgan fingerprint density at radius 1 is 1.41 bits per heavy atom. The molecule has 0 aliphatic rings. The van der Waals surface area contributed by atoms with Crippen LogP contribution in [0.5, 0.6) is 0 Å². The first-order chi connectivity index (χ1) is 7.96. The molecule has 0 saturated carbocycles. The van der Waals surface area contributed by atoms with Crippen molar-refractivity contribution < 1.29 is 9.53 Å². The van der Waals surface area contributed by atoms with E-state index in [9.17, 15) is 4.79 Å². The Kier molecular flexibility index (Phi) is 2.71. The molecule has 1 amide bonds. The van der Waals surface area contributed by atoms with Crippen molar-refractivity contribution in [2.45, 2.75) is 26.4 Å². The number of carbonyl (C=O) groups excluding carboxylic acids is 1. The number of carbonyl (C=O) groups is 1. The third-order valence-corrected chi connectivity index (χ3v) is 1.95. The molecule has 0 spiro atoms. The summed E-state index contributed by atoms with van der Waals surface area (Å²) < 4.78 is 6.87. The standard InChI is InChI=1S/C11H14N4O2/c1-11(2,3)17-10(16)14-9-7-13-8-6-12-4-5-15(8)9/h4-7H,1-3H3,(H,14,16). The zero-order valence-corrected chi connectivity index (χ0v) is 9.97. The minimum Gasteiger partial charge on any atom is -0.444 e. The van der Waals surface area contributed by atoms with Crippen molar-refractivity contribution in [2.75, 3.05) is 5.32 Å². The van der Waals surface area contributed by atoms with E-state index in [2.05, 4.69) is 15.3 Å². The lowest BCUT2D eigenvalue weighted by Gasteiger charge is -2.19. The van der Waals surface area contributed by atoms with E-state index in [1.54, 1.807) is 29.2 Å². The van der Waals surface area contributed by atoms with E-state index < -0.39 is 11.7 Å². The number of anilines is 1. The fourth-order valence-electron chi connectivity index (χ4n) is 1.34. The molecule has 17 heavy (non-hydrogen) atoms. The van der Waals surface area contributed by atoms with Crippen LogP contribution in [0.25, 0.3) is 5.65 Å². The van der Waals surface area contributed by atoms with Gasteiger partial charge in [0.1, 0.15) is 11.4 Å². The van der Waals surface area contributed by atoms with Gasteiger partial charge in [0.15, 0.2) is 5.65 Å². The molecule has 0 saturated heterocycles. The summed E-state index contributed by atoms with van der Waals surface area (Å²) >= 11 is 0. The van der Waals surface area contributed by atoms with Crippen LogP contribution in [0.3, 0.4) is 0 Å². The maximum absolute atomic E-state index is 11.6. The third kappa shape index (κ3) is 2.72. The average molecular weight is 234 g/mol. The molecule has 0 aromatic carbocycles. The van der Waals surface area contributed by atoms with Crippen LogP contribution in [0.2, 0.25) is 0 Å². The number of amides is 1. The molecule has 0 fully saturated rings. The van der Waals surface area contributed by atoms with Crippen LogP contribution >= 0.6 is 0 Å². The number of ether oxygens (including phenoxy) is 1. The smallest absolute Gasteiger partial charge is 0.413 e. The van der Waals surface area contributed by atoms with Crippen molar-refractivity contribution in [1.29, 1.82) is 0 Å². The van der Waals surface area contributed by atoms with Crippen LogP contribution in [0.1, 0.15) is 20.8 Å². The molecule has 0 aliphatic heterocycles. The number of hydrogen-bond acceptors (Lipinski definition) is 4. The highest BCUT2D eigenvalue weighted by Crippen LogP contribution is 2.13. The van der Waals surface area contributed by atoms with Gasteiger partial charge in [0.25, 0.3) is 0 Å².